The molecule has 108 valence electrons. The number of phenolic OH excluding ortho intramolecular Hbond substituents is 1. The highest BCUT2D eigenvalue weighted by Crippen LogP contribution is 2.29. The van der Waals surface area contributed by atoms with E-state index in [9.17, 15) is 5.11 Å². The fourth-order valence-corrected chi connectivity index (χ4v) is 2.60. The lowest BCUT2D eigenvalue weighted by Crippen LogP contribution is -2.27. The van der Waals surface area contributed by atoms with E-state index in [0.29, 0.717) is 11.7 Å². The quantitative estimate of drug-likeness (QED) is 0.683. The maximum atomic E-state index is 9.96. The molecule has 0 heterocycles. The van der Waals surface area contributed by atoms with Crippen molar-refractivity contribution in [2.24, 2.45) is 5.92 Å². The molecule has 2 atom stereocenters. The van der Waals surface area contributed by atoms with Gasteiger partial charge in [-0.25, -0.2) is 0 Å². The van der Waals surface area contributed by atoms with Gasteiger partial charge in [0.15, 0.2) is 0 Å². The van der Waals surface area contributed by atoms with Crippen molar-refractivity contribution in [3.05, 3.63) is 28.2 Å². The van der Waals surface area contributed by atoms with Crippen molar-refractivity contribution >= 4 is 15.9 Å². The highest BCUT2D eigenvalue weighted by molar-refractivity contribution is 9.10. The first-order valence-corrected chi connectivity index (χ1v) is 7.74. The Morgan fingerprint density at radius 1 is 1.26 bits per heavy atom. The summed E-state index contributed by atoms with van der Waals surface area (Å²) in [5.74, 6) is 0.811. The molecule has 0 aliphatic rings. The molecule has 3 N–H and O–H groups in total. The molecule has 0 saturated carbocycles. The van der Waals surface area contributed by atoms with Crippen molar-refractivity contribution in [3.63, 3.8) is 0 Å². The largest absolute Gasteiger partial charge is 0.508 e. The average molecular weight is 330 g/mol. The van der Waals surface area contributed by atoms with E-state index in [1.54, 1.807) is 6.07 Å². The highest BCUT2D eigenvalue weighted by Gasteiger charge is 2.15. The third-order valence-electron chi connectivity index (χ3n) is 3.54. The van der Waals surface area contributed by atoms with Crippen LogP contribution in [-0.2, 0) is 0 Å². The van der Waals surface area contributed by atoms with Crippen LogP contribution < -0.4 is 5.32 Å². The molecular weight excluding hydrogens is 306 g/mol. The zero-order valence-corrected chi connectivity index (χ0v) is 13.3. The van der Waals surface area contributed by atoms with E-state index in [4.69, 9.17) is 5.11 Å². The van der Waals surface area contributed by atoms with Crippen LogP contribution in [0.3, 0.4) is 0 Å². The lowest BCUT2D eigenvalue weighted by atomic mass is 9.99. The molecule has 0 radical (unpaired) electrons. The highest BCUT2D eigenvalue weighted by atomic mass is 79.9. The van der Waals surface area contributed by atoms with Gasteiger partial charge in [-0.15, -0.1) is 0 Å². The first kappa shape index (κ1) is 16.5. The van der Waals surface area contributed by atoms with Gasteiger partial charge in [0.2, 0.25) is 0 Å². The minimum absolute atomic E-state index is 0.144. The third kappa shape index (κ3) is 5.13. The van der Waals surface area contributed by atoms with Crippen molar-refractivity contribution in [2.45, 2.75) is 39.2 Å². The molecule has 4 heteroatoms. The number of phenols is 1. The van der Waals surface area contributed by atoms with Crippen LogP contribution in [0.2, 0.25) is 0 Å². The molecule has 0 aliphatic heterocycles. The SMILES string of the molecule is CCC(CCO)CNC(CC)c1cc(Br)ccc1O. The fourth-order valence-electron chi connectivity index (χ4n) is 2.22. The number of nitrogens with one attached hydrogen (secondary N) is 1. The van der Waals surface area contributed by atoms with Gasteiger partial charge in [-0.1, -0.05) is 36.2 Å². The number of hydrogen-bond donors (Lipinski definition) is 3. The van der Waals surface area contributed by atoms with Gasteiger partial charge >= 0.3 is 0 Å². The van der Waals surface area contributed by atoms with Crippen molar-refractivity contribution in [1.82, 2.24) is 5.32 Å². The van der Waals surface area contributed by atoms with E-state index in [1.165, 1.54) is 0 Å². The normalized spacial score (nSPS) is 14.3. The Kier molecular flexibility index (Phi) is 7.42. The minimum Gasteiger partial charge on any atom is -0.508 e. The molecule has 0 aromatic heterocycles. The zero-order valence-electron chi connectivity index (χ0n) is 11.7. The van der Waals surface area contributed by atoms with Crippen LogP contribution in [0.5, 0.6) is 5.75 Å². The van der Waals surface area contributed by atoms with Crippen molar-refractivity contribution < 1.29 is 10.2 Å². The summed E-state index contributed by atoms with van der Waals surface area (Å²) in [6, 6.07) is 5.66. The number of aromatic hydroxyl groups is 1. The molecular formula is C15H24BrNO2. The summed E-state index contributed by atoms with van der Waals surface area (Å²) in [5.41, 5.74) is 0.927. The van der Waals surface area contributed by atoms with E-state index in [2.05, 4.69) is 35.1 Å². The van der Waals surface area contributed by atoms with Crippen LogP contribution in [0, 0.1) is 5.92 Å². The predicted molar refractivity (Wildman–Crippen MR) is 82.3 cm³/mol. The van der Waals surface area contributed by atoms with Crippen LogP contribution >= 0.6 is 15.9 Å². The van der Waals surface area contributed by atoms with Crippen LogP contribution in [0.15, 0.2) is 22.7 Å². The Morgan fingerprint density at radius 2 is 2.00 bits per heavy atom. The summed E-state index contributed by atoms with van der Waals surface area (Å²) in [5, 5.41) is 22.5. The molecule has 0 amide bonds. The van der Waals surface area contributed by atoms with Crippen LogP contribution in [0.25, 0.3) is 0 Å². The fraction of sp³-hybridized carbons (Fsp3) is 0.600. The maximum absolute atomic E-state index is 9.96. The van der Waals surface area contributed by atoms with Crippen LogP contribution in [0.1, 0.15) is 44.7 Å². The predicted octanol–water partition coefficient (Wildman–Crippen LogP) is 3.60. The summed E-state index contributed by atoms with van der Waals surface area (Å²) in [4.78, 5) is 0. The molecule has 0 fully saturated rings. The third-order valence-corrected chi connectivity index (χ3v) is 4.03. The van der Waals surface area contributed by atoms with Crippen molar-refractivity contribution in [2.75, 3.05) is 13.2 Å². The molecule has 0 spiro atoms. The number of hydrogen-bond acceptors (Lipinski definition) is 3. The van der Waals surface area contributed by atoms with Gasteiger partial charge in [0.05, 0.1) is 0 Å². The summed E-state index contributed by atoms with van der Waals surface area (Å²) in [6.07, 6.45) is 2.79. The first-order chi connectivity index (χ1) is 9.12. The van der Waals surface area contributed by atoms with Gasteiger partial charge in [0.25, 0.3) is 0 Å². The Balaban J connectivity index is 2.69. The van der Waals surface area contributed by atoms with Gasteiger partial charge in [0.1, 0.15) is 5.75 Å². The number of benzene rings is 1. The van der Waals surface area contributed by atoms with Crippen LogP contribution in [0.4, 0.5) is 0 Å². The Bertz CT molecular complexity index is 384. The zero-order chi connectivity index (χ0) is 14.3. The summed E-state index contributed by atoms with van der Waals surface area (Å²) in [7, 11) is 0. The molecule has 0 saturated heterocycles. The Morgan fingerprint density at radius 3 is 2.58 bits per heavy atom. The van der Waals surface area contributed by atoms with Gasteiger partial charge in [0, 0.05) is 22.7 Å². The van der Waals surface area contributed by atoms with Gasteiger partial charge < -0.3 is 15.5 Å². The van der Waals surface area contributed by atoms with E-state index < -0.39 is 0 Å². The van der Waals surface area contributed by atoms with E-state index in [1.807, 2.05) is 12.1 Å². The summed E-state index contributed by atoms with van der Waals surface area (Å²) in [6.45, 7) is 5.34. The Hall–Kier alpha value is -0.580. The lowest BCUT2D eigenvalue weighted by molar-refractivity contribution is 0.248. The molecule has 1 rings (SSSR count). The standard InChI is InChI=1S/C15H24BrNO2/c1-3-11(7-8-18)10-17-14(4-2)13-9-12(16)5-6-15(13)19/h5-6,9,11,14,17-19H,3-4,7-8,10H2,1-2H3. The average Bonchev–Trinajstić information content (AvgIpc) is 2.41. The summed E-state index contributed by atoms with van der Waals surface area (Å²) < 4.78 is 0.975. The van der Waals surface area contributed by atoms with Crippen molar-refractivity contribution in [3.8, 4) is 5.75 Å². The van der Waals surface area contributed by atoms with E-state index >= 15 is 0 Å². The second-order valence-electron chi connectivity index (χ2n) is 4.86. The topological polar surface area (TPSA) is 52.5 Å². The summed E-state index contributed by atoms with van der Waals surface area (Å²) >= 11 is 3.44. The smallest absolute Gasteiger partial charge is 0.120 e. The number of halogens is 1. The first-order valence-electron chi connectivity index (χ1n) is 6.94. The van der Waals surface area contributed by atoms with E-state index in [-0.39, 0.29) is 12.6 Å². The van der Waals surface area contributed by atoms with Gasteiger partial charge in [-0.3, -0.25) is 0 Å². The van der Waals surface area contributed by atoms with Gasteiger partial charge in [-0.2, -0.15) is 0 Å². The monoisotopic (exact) mass is 329 g/mol. The maximum Gasteiger partial charge on any atom is 0.120 e. The molecule has 2 unspecified atom stereocenters. The number of aliphatic hydroxyl groups excluding tert-OH is 1. The van der Waals surface area contributed by atoms with Crippen molar-refractivity contribution in [1.29, 1.82) is 0 Å². The molecule has 0 bridgehead atoms. The second-order valence-corrected chi connectivity index (χ2v) is 5.77. The van der Waals surface area contributed by atoms with Crippen LogP contribution in [-0.4, -0.2) is 23.4 Å². The molecule has 3 nitrogen and oxygen atoms in total. The lowest BCUT2D eigenvalue weighted by Gasteiger charge is -2.22. The second kappa shape index (κ2) is 8.56. The molecule has 19 heavy (non-hydrogen) atoms. The molecule has 0 aliphatic carbocycles. The minimum atomic E-state index is 0.144. The number of rotatable bonds is 8. The molecule has 1 aromatic rings. The molecule has 1 aromatic carbocycles. The Labute approximate surface area is 124 Å². The van der Waals surface area contributed by atoms with Gasteiger partial charge in [-0.05, 0) is 43.5 Å². The number of aliphatic hydroxyl groups is 1. The van der Waals surface area contributed by atoms with E-state index in [0.717, 1.165) is 35.8 Å².